The van der Waals surface area contributed by atoms with E-state index in [1.54, 1.807) is 0 Å². The monoisotopic (exact) mass is 156 g/mol. The quantitative estimate of drug-likeness (QED) is 0.520. The van der Waals surface area contributed by atoms with E-state index in [0.717, 1.165) is 6.67 Å². The third-order valence-corrected chi connectivity index (χ3v) is 2.93. The van der Waals surface area contributed by atoms with Gasteiger partial charge >= 0.3 is 0 Å². The molecule has 11 heavy (non-hydrogen) atoms. The molecule has 1 rings (SSSR count). The maximum atomic E-state index is 2.41. The Morgan fingerprint density at radius 3 is 2.27 bits per heavy atom. The van der Waals surface area contributed by atoms with Crippen molar-refractivity contribution in [1.82, 2.24) is 9.80 Å². The summed E-state index contributed by atoms with van der Waals surface area (Å²) in [7, 11) is 4.38. The SMILES string of the molecule is CC1N(C)CN(C)CC1(C)C. The first kappa shape index (κ1) is 9.01. The average molecular weight is 156 g/mol. The van der Waals surface area contributed by atoms with Gasteiger partial charge in [0.05, 0.1) is 6.67 Å². The van der Waals surface area contributed by atoms with Gasteiger partial charge in [-0.25, -0.2) is 0 Å². The molecular formula is C9H20N2. The van der Waals surface area contributed by atoms with Crippen LogP contribution in [0.3, 0.4) is 0 Å². The second-order valence-electron chi connectivity index (χ2n) is 4.58. The molecule has 1 atom stereocenters. The molecular weight excluding hydrogens is 136 g/mol. The van der Waals surface area contributed by atoms with Crippen molar-refractivity contribution >= 4 is 0 Å². The van der Waals surface area contributed by atoms with Gasteiger partial charge in [0.25, 0.3) is 0 Å². The smallest absolute Gasteiger partial charge is 0.0503 e. The molecule has 66 valence electrons. The van der Waals surface area contributed by atoms with Gasteiger partial charge in [0.2, 0.25) is 0 Å². The van der Waals surface area contributed by atoms with Gasteiger partial charge in [-0.3, -0.25) is 9.80 Å². The minimum atomic E-state index is 0.432. The van der Waals surface area contributed by atoms with Crippen LogP contribution in [0.1, 0.15) is 20.8 Å². The molecule has 1 aliphatic rings. The maximum Gasteiger partial charge on any atom is 0.0503 e. The predicted octanol–water partition coefficient (Wildman–Crippen LogP) is 1.24. The molecule has 1 fully saturated rings. The van der Waals surface area contributed by atoms with Crippen LogP contribution in [0.5, 0.6) is 0 Å². The van der Waals surface area contributed by atoms with E-state index in [-0.39, 0.29) is 0 Å². The van der Waals surface area contributed by atoms with Gasteiger partial charge in [0, 0.05) is 12.6 Å². The third kappa shape index (κ3) is 1.74. The Hall–Kier alpha value is -0.0800. The molecule has 2 nitrogen and oxygen atoms in total. The molecule has 0 aromatic carbocycles. The molecule has 0 aromatic rings. The lowest BCUT2D eigenvalue weighted by molar-refractivity contribution is -0.00748. The summed E-state index contributed by atoms with van der Waals surface area (Å²) in [5.74, 6) is 0. The third-order valence-electron chi connectivity index (χ3n) is 2.93. The van der Waals surface area contributed by atoms with Crippen LogP contribution in [0, 0.1) is 5.41 Å². The van der Waals surface area contributed by atoms with Crippen molar-refractivity contribution in [2.75, 3.05) is 27.3 Å². The zero-order valence-corrected chi connectivity index (χ0v) is 8.39. The summed E-state index contributed by atoms with van der Waals surface area (Å²) >= 11 is 0. The van der Waals surface area contributed by atoms with Crippen LogP contribution in [0.15, 0.2) is 0 Å². The maximum absolute atomic E-state index is 2.41. The Labute approximate surface area is 70.2 Å². The normalized spacial score (nSPS) is 34.1. The Morgan fingerprint density at radius 2 is 1.82 bits per heavy atom. The molecule has 1 saturated heterocycles. The topological polar surface area (TPSA) is 6.48 Å². The van der Waals surface area contributed by atoms with Gasteiger partial charge in [-0.15, -0.1) is 0 Å². The molecule has 0 amide bonds. The van der Waals surface area contributed by atoms with Crippen LogP contribution in [0.4, 0.5) is 0 Å². The fourth-order valence-corrected chi connectivity index (χ4v) is 1.98. The fraction of sp³-hybridized carbons (Fsp3) is 1.00. The zero-order valence-electron chi connectivity index (χ0n) is 8.39. The minimum Gasteiger partial charge on any atom is -0.293 e. The van der Waals surface area contributed by atoms with Crippen LogP contribution >= 0.6 is 0 Å². The average Bonchev–Trinajstić information content (AvgIpc) is 1.81. The van der Waals surface area contributed by atoms with Crippen molar-refractivity contribution in [3.8, 4) is 0 Å². The summed E-state index contributed by atoms with van der Waals surface area (Å²) in [5.41, 5.74) is 0.432. The van der Waals surface area contributed by atoms with Gasteiger partial charge < -0.3 is 0 Å². The van der Waals surface area contributed by atoms with Gasteiger partial charge in [0.15, 0.2) is 0 Å². The summed E-state index contributed by atoms with van der Waals surface area (Å²) in [5, 5.41) is 0. The van der Waals surface area contributed by atoms with Crippen molar-refractivity contribution in [3.05, 3.63) is 0 Å². The Balaban J connectivity index is 2.67. The Kier molecular flexibility index (Phi) is 2.26. The summed E-state index contributed by atoms with van der Waals surface area (Å²) in [4.78, 5) is 4.78. The van der Waals surface area contributed by atoms with Crippen LogP contribution in [0.25, 0.3) is 0 Å². The first-order valence-electron chi connectivity index (χ1n) is 4.32. The number of rotatable bonds is 0. The Bertz CT molecular complexity index is 142. The molecule has 0 aliphatic carbocycles. The number of nitrogens with zero attached hydrogens (tertiary/aromatic N) is 2. The van der Waals surface area contributed by atoms with Crippen LogP contribution in [0.2, 0.25) is 0 Å². The highest BCUT2D eigenvalue weighted by molar-refractivity contribution is 4.87. The summed E-state index contributed by atoms with van der Waals surface area (Å²) in [6.07, 6.45) is 0. The molecule has 0 saturated carbocycles. The predicted molar refractivity (Wildman–Crippen MR) is 48.5 cm³/mol. The second kappa shape index (κ2) is 2.76. The van der Waals surface area contributed by atoms with Gasteiger partial charge in [0.1, 0.15) is 0 Å². The fourth-order valence-electron chi connectivity index (χ4n) is 1.98. The van der Waals surface area contributed by atoms with E-state index in [1.807, 2.05) is 0 Å². The van der Waals surface area contributed by atoms with E-state index in [2.05, 4.69) is 44.7 Å². The van der Waals surface area contributed by atoms with Crippen molar-refractivity contribution < 1.29 is 0 Å². The van der Waals surface area contributed by atoms with Crippen LogP contribution < -0.4 is 0 Å². The van der Waals surface area contributed by atoms with E-state index < -0.39 is 0 Å². The summed E-state index contributed by atoms with van der Waals surface area (Å²) in [6.45, 7) is 9.30. The molecule has 1 aliphatic heterocycles. The zero-order chi connectivity index (χ0) is 8.65. The number of hydrogen-bond acceptors (Lipinski definition) is 2. The van der Waals surface area contributed by atoms with Crippen LogP contribution in [-0.2, 0) is 0 Å². The molecule has 0 bridgehead atoms. The highest BCUT2D eigenvalue weighted by Gasteiger charge is 2.34. The largest absolute Gasteiger partial charge is 0.293 e. The van der Waals surface area contributed by atoms with Crippen LogP contribution in [-0.4, -0.2) is 43.2 Å². The lowest BCUT2D eigenvalue weighted by Crippen LogP contribution is -2.55. The van der Waals surface area contributed by atoms with E-state index in [9.17, 15) is 0 Å². The molecule has 2 heteroatoms. The molecule has 1 unspecified atom stereocenters. The standard InChI is InChI=1S/C9H20N2/c1-8-9(2,3)6-10(4)7-11(8)5/h8H,6-7H2,1-5H3. The summed E-state index contributed by atoms with van der Waals surface area (Å²) in [6, 6.07) is 0.693. The molecule has 0 radical (unpaired) electrons. The molecule has 0 spiro atoms. The van der Waals surface area contributed by atoms with Crippen molar-refractivity contribution in [1.29, 1.82) is 0 Å². The first-order valence-corrected chi connectivity index (χ1v) is 4.32. The van der Waals surface area contributed by atoms with Crippen molar-refractivity contribution in [2.24, 2.45) is 5.41 Å². The molecule has 0 N–H and O–H groups in total. The lowest BCUT2D eigenvalue weighted by Gasteiger charge is -2.47. The van der Waals surface area contributed by atoms with Gasteiger partial charge in [-0.2, -0.15) is 0 Å². The van der Waals surface area contributed by atoms with E-state index >= 15 is 0 Å². The van der Waals surface area contributed by atoms with Gasteiger partial charge in [-0.1, -0.05) is 13.8 Å². The molecule has 1 heterocycles. The number of hydrogen-bond donors (Lipinski definition) is 0. The lowest BCUT2D eigenvalue weighted by atomic mass is 9.83. The second-order valence-corrected chi connectivity index (χ2v) is 4.58. The van der Waals surface area contributed by atoms with Gasteiger partial charge in [-0.05, 0) is 26.4 Å². The highest BCUT2D eigenvalue weighted by atomic mass is 15.3. The van der Waals surface area contributed by atoms with E-state index in [4.69, 9.17) is 0 Å². The first-order chi connectivity index (χ1) is 4.93. The van der Waals surface area contributed by atoms with E-state index in [0.29, 0.717) is 11.5 Å². The molecule has 0 aromatic heterocycles. The highest BCUT2D eigenvalue weighted by Crippen LogP contribution is 2.28. The van der Waals surface area contributed by atoms with E-state index in [1.165, 1.54) is 6.54 Å². The minimum absolute atomic E-state index is 0.432. The van der Waals surface area contributed by atoms with Crippen molar-refractivity contribution in [2.45, 2.75) is 26.8 Å². The van der Waals surface area contributed by atoms with Crippen molar-refractivity contribution in [3.63, 3.8) is 0 Å². The Morgan fingerprint density at radius 1 is 1.27 bits per heavy atom. The summed E-state index contributed by atoms with van der Waals surface area (Å²) < 4.78 is 0.